The van der Waals surface area contributed by atoms with Crippen LogP contribution in [0.15, 0.2) is 23.0 Å². The number of ketones is 2. The van der Waals surface area contributed by atoms with Gasteiger partial charge in [0.1, 0.15) is 22.8 Å². The van der Waals surface area contributed by atoms with Crippen molar-refractivity contribution < 1.29 is 34.5 Å². The van der Waals surface area contributed by atoms with Gasteiger partial charge in [-0.3, -0.25) is 19.3 Å². The standard InChI is InChI=1S/C28H33Cl3N8O7/c1-38(2)13-5-11(7-36-24(46)37-10-28(29,30)31)17(40)14-12(13)6-25(34)8-27(35)20(39(3)4)19(42)15(23(33)45)21(43)26(27,9-32)22(44)16(25)18(14)41/h5,20,40-41,43H,6-8,10,34-35H2,1-4H3,(H2,33,45)(H2,36,37,46)/t20-,25-,26+,27-/m1/s1. The number of nitriles is 1. The van der Waals surface area contributed by atoms with Gasteiger partial charge in [0.2, 0.25) is 3.79 Å². The van der Waals surface area contributed by atoms with Crippen molar-refractivity contribution in [3.63, 3.8) is 0 Å². The van der Waals surface area contributed by atoms with E-state index in [9.17, 15) is 39.8 Å². The third-order valence-corrected chi connectivity index (χ3v) is 9.08. The van der Waals surface area contributed by atoms with Crippen LogP contribution in [0.25, 0.3) is 5.76 Å². The molecule has 3 amide bonds. The SMILES string of the molecule is CN(C)c1cc(CNC(=O)NCC(Cl)(Cl)Cl)c(O)c2c1C[C@@]1(N)C[C@@]3(N)[C@H](N(C)C)C(=O)C(C(N)=O)=C(O)[C@@]3(C#N)C(=O)C1=C2O. The quantitative estimate of drug-likeness (QED) is 0.146. The summed E-state index contributed by atoms with van der Waals surface area (Å²) in [4.78, 5) is 55.7. The number of anilines is 1. The van der Waals surface area contributed by atoms with Gasteiger partial charge in [-0.05, 0) is 38.6 Å². The van der Waals surface area contributed by atoms with E-state index in [1.165, 1.54) is 25.1 Å². The number of aliphatic hydroxyl groups is 2. The van der Waals surface area contributed by atoms with Gasteiger partial charge in [0, 0.05) is 31.9 Å². The van der Waals surface area contributed by atoms with Crippen LogP contribution in [0, 0.1) is 16.7 Å². The Morgan fingerprint density at radius 2 is 1.74 bits per heavy atom. The van der Waals surface area contributed by atoms with E-state index in [4.69, 9.17) is 52.0 Å². The first-order chi connectivity index (χ1) is 21.1. The van der Waals surface area contributed by atoms with Gasteiger partial charge >= 0.3 is 6.03 Å². The Hall–Kier alpha value is -3.78. The molecule has 0 unspecified atom stereocenters. The maximum absolute atomic E-state index is 14.5. The minimum absolute atomic E-state index is 0.101. The molecular weight excluding hydrogens is 667 g/mol. The number of likely N-dealkylation sites (N-methyl/N-ethyl adjacent to an activating group) is 1. The first kappa shape index (κ1) is 35.1. The van der Waals surface area contributed by atoms with E-state index in [0.717, 1.165) is 0 Å². The monoisotopic (exact) mass is 698 g/mol. The smallest absolute Gasteiger partial charge is 0.315 e. The molecule has 0 spiro atoms. The second kappa shape index (κ2) is 11.5. The molecule has 0 heterocycles. The highest BCUT2D eigenvalue weighted by atomic mass is 35.6. The molecule has 4 rings (SSSR count). The molecule has 15 nitrogen and oxygen atoms in total. The maximum Gasteiger partial charge on any atom is 0.315 e. The van der Waals surface area contributed by atoms with Crippen LogP contribution < -0.4 is 32.7 Å². The Bertz CT molecular complexity index is 1680. The van der Waals surface area contributed by atoms with E-state index >= 15 is 0 Å². The van der Waals surface area contributed by atoms with Crippen LogP contribution in [0.3, 0.4) is 0 Å². The van der Waals surface area contributed by atoms with Gasteiger partial charge in [-0.2, -0.15) is 5.26 Å². The number of urea groups is 1. The van der Waals surface area contributed by atoms with Gasteiger partial charge in [0.15, 0.2) is 17.0 Å². The lowest BCUT2D eigenvalue weighted by Crippen LogP contribution is -2.80. The second-order valence-corrected chi connectivity index (χ2v) is 14.6. The van der Waals surface area contributed by atoms with Crippen LogP contribution in [-0.4, -0.2) is 99.4 Å². The Balaban J connectivity index is 1.96. The van der Waals surface area contributed by atoms with Crippen molar-refractivity contribution in [3.8, 4) is 11.8 Å². The molecule has 248 valence electrons. The molecule has 3 aliphatic rings. The third-order valence-electron chi connectivity index (χ3n) is 8.68. The topological polar surface area (TPSA) is 261 Å². The van der Waals surface area contributed by atoms with Crippen molar-refractivity contribution in [2.45, 2.75) is 40.3 Å². The molecule has 0 radical (unpaired) electrons. The highest BCUT2D eigenvalue weighted by Gasteiger charge is 2.74. The average molecular weight is 700 g/mol. The normalized spacial score (nSPS) is 27.5. The average Bonchev–Trinajstić information content (AvgIpc) is 2.89. The van der Waals surface area contributed by atoms with Crippen molar-refractivity contribution in [2.24, 2.45) is 22.6 Å². The van der Waals surface area contributed by atoms with Crippen LogP contribution in [0.5, 0.6) is 5.75 Å². The molecular formula is C28H33Cl3N8O7. The van der Waals surface area contributed by atoms with Crippen LogP contribution in [0.4, 0.5) is 10.5 Å². The number of hydrogen-bond acceptors (Lipinski definition) is 12. The van der Waals surface area contributed by atoms with Gasteiger partial charge in [0.25, 0.3) is 5.91 Å². The number of fused-ring (bicyclic) bond motifs is 3. The first-order valence-corrected chi connectivity index (χ1v) is 14.8. The Labute approximate surface area is 278 Å². The first-order valence-electron chi connectivity index (χ1n) is 13.6. The number of nitrogens with two attached hydrogens (primary N) is 3. The van der Waals surface area contributed by atoms with Crippen LogP contribution in [-0.2, 0) is 27.3 Å². The zero-order chi connectivity index (χ0) is 34.9. The van der Waals surface area contributed by atoms with E-state index < -0.39 is 84.7 Å². The predicted octanol–water partition coefficient (Wildman–Crippen LogP) is 0.141. The molecule has 1 saturated carbocycles. The van der Waals surface area contributed by atoms with Crippen molar-refractivity contribution >= 4 is 69.8 Å². The van der Waals surface area contributed by atoms with Gasteiger partial charge in [-0.15, -0.1) is 0 Å². The molecule has 1 aromatic carbocycles. The summed E-state index contributed by atoms with van der Waals surface area (Å²) in [5.41, 5.74) is 11.4. The fraction of sp³-hybridized carbons (Fsp3) is 0.464. The molecule has 0 saturated heterocycles. The molecule has 0 aromatic heterocycles. The second-order valence-electron chi connectivity index (χ2n) is 12.1. The molecule has 11 N–H and O–H groups in total. The van der Waals surface area contributed by atoms with Crippen LogP contribution in [0.1, 0.15) is 23.1 Å². The molecule has 46 heavy (non-hydrogen) atoms. The van der Waals surface area contributed by atoms with Crippen LogP contribution >= 0.6 is 34.8 Å². The highest BCUT2D eigenvalue weighted by molar-refractivity contribution is 6.67. The molecule has 0 aliphatic heterocycles. The largest absolute Gasteiger partial charge is 0.509 e. The van der Waals surface area contributed by atoms with Crippen LogP contribution in [0.2, 0.25) is 0 Å². The number of carbonyl (C=O) groups is 4. The van der Waals surface area contributed by atoms with Crippen molar-refractivity contribution in [2.75, 3.05) is 39.6 Å². The Morgan fingerprint density at radius 3 is 2.24 bits per heavy atom. The molecule has 1 aromatic rings. The summed E-state index contributed by atoms with van der Waals surface area (Å²) in [7, 11) is 6.21. The Kier molecular flexibility index (Phi) is 8.75. The molecule has 4 atom stereocenters. The minimum atomic E-state index is -2.79. The lowest BCUT2D eigenvalue weighted by atomic mass is 9.47. The number of hydrogen-bond donors (Lipinski definition) is 8. The summed E-state index contributed by atoms with van der Waals surface area (Å²) in [6.45, 7) is -0.610. The lowest BCUT2D eigenvalue weighted by molar-refractivity contribution is -0.139. The number of amides is 3. The fourth-order valence-corrected chi connectivity index (χ4v) is 7.09. The molecule has 0 bridgehead atoms. The number of Topliss-reactive ketones (excluding diaryl/α,β-unsaturated/α-hetero) is 2. The number of nitrogens with zero attached hydrogens (tertiary/aromatic N) is 3. The number of phenols is 1. The lowest BCUT2D eigenvalue weighted by Gasteiger charge is -2.58. The summed E-state index contributed by atoms with van der Waals surface area (Å²) < 4.78 is -1.76. The zero-order valence-corrected chi connectivity index (χ0v) is 27.4. The summed E-state index contributed by atoms with van der Waals surface area (Å²) in [5.74, 6) is -6.26. The number of phenolic OH excluding ortho intramolecular Hbond substituents is 1. The number of aromatic hydroxyl groups is 1. The number of primary amides is 1. The number of alkyl halides is 3. The summed E-state index contributed by atoms with van der Waals surface area (Å²) in [6.07, 6.45) is -0.739. The number of halogens is 3. The van der Waals surface area contributed by atoms with E-state index in [1.807, 2.05) is 0 Å². The van der Waals surface area contributed by atoms with E-state index in [0.29, 0.717) is 5.69 Å². The number of rotatable bonds is 6. The molecule has 1 fully saturated rings. The molecule has 18 heteroatoms. The Morgan fingerprint density at radius 1 is 1.13 bits per heavy atom. The summed E-state index contributed by atoms with van der Waals surface area (Å²) in [5, 5.41) is 49.9. The zero-order valence-electron chi connectivity index (χ0n) is 25.2. The number of aliphatic hydroxyl groups excluding tert-OH is 2. The number of nitrogens with one attached hydrogen (secondary N) is 2. The van der Waals surface area contributed by atoms with Crippen molar-refractivity contribution in [1.82, 2.24) is 15.5 Å². The number of benzene rings is 1. The predicted molar refractivity (Wildman–Crippen MR) is 169 cm³/mol. The van der Waals surface area contributed by atoms with Gasteiger partial charge < -0.3 is 48.1 Å². The van der Waals surface area contributed by atoms with Gasteiger partial charge in [0.05, 0.1) is 40.9 Å². The van der Waals surface area contributed by atoms with Crippen molar-refractivity contribution in [3.05, 3.63) is 39.7 Å². The van der Waals surface area contributed by atoms with Gasteiger partial charge in [-0.1, -0.05) is 34.8 Å². The van der Waals surface area contributed by atoms with E-state index in [2.05, 4.69) is 10.6 Å². The van der Waals surface area contributed by atoms with E-state index in [-0.39, 0.29) is 36.2 Å². The fourth-order valence-electron chi connectivity index (χ4n) is 6.89. The van der Waals surface area contributed by atoms with Crippen molar-refractivity contribution in [1.29, 1.82) is 5.26 Å². The summed E-state index contributed by atoms with van der Waals surface area (Å²) >= 11 is 17.0. The third kappa shape index (κ3) is 5.09. The maximum atomic E-state index is 14.5. The summed E-state index contributed by atoms with van der Waals surface area (Å²) in [6, 6.07) is 0.998. The highest BCUT2D eigenvalue weighted by Crippen LogP contribution is 2.59. The molecule has 3 aliphatic carbocycles. The number of carbonyl (C=O) groups excluding carboxylic acids is 4. The van der Waals surface area contributed by atoms with E-state index in [1.54, 1.807) is 25.1 Å². The minimum Gasteiger partial charge on any atom is -0.509 e. The van der Waals surface area contributed by atoms with Gasteiger partial charge in [-0.25, -0.2) is 4.79 Å².